The first-order valence-electron chi connectivity index (χ1n) is 6.61. The molecule has 1 aliphatic rings. The zero-order chi connectivity index (χ0) is 12.8. The van der Waals surface area contributed by atoms with Gasteiger partial charge in [-0.05, 0) is 37.2 Å². The van der Waals surface area contributed by atoms with Crippen LogP contribution in [0, 0.1) is 11.3 Å². The van der Waals surface area contributed by atoms with Gasteiger partial charge < -0.3 is 10.5 Å². The van der Waals surface area contributed by atoms with Crippen LogP contribution in [-0.4, -0.2) is 18.8 Å². The molecule has 0 aromatic heterocycles. The van der Waals surface area contributed by atoms with Gasteiger partial charge in [-0.15, -0.1) is 0 Å². The maximum Gasteiger partial charge on any atom is 0.116 e. The summed E-state index contributed by atoms with van der Waals surface area (Å²) in [4.78, 5) is 0. The number of hydrogen-bond donors (Lipinski definition) is 1. The van der Waals surface area contributed by atoms with E-state index in [-0.39, 0.29) is 6.10 Å². The molecule has 3 heteroatoms. The van der Waals surface area contributed by atoms with Gasteiger partial charge in [-0.25, -0.2) is 0 Å². The highest BCUT2D eigenvalue weighted by atomic mass is 16.5. The van der Waals surface area contributed by atoms with Crippen LogP contribution in [-0.2, 0) is 4.74 Å². The molecule has 18 heavy (non-hydrogen) atoms. The van der Waals surface area contributed by atoms with Crippen molar-refractivity contribution in [1.29, 1.82) is 5.26 Å². The quantitative estimate of drug-likeness (QED) is 0.885. The summed E-state index contributed by atoms with van der Waals surface area (Å²) in [7, 11) is 0. The number of rotatable bonds is 4. The molecule has 3 nitrogen and oxygen atoms in total. The lowest BCUT2D eigenvalue weighted by molar-refractivity contribution is 0.0230. The van der Waals surface area contributed by atoms with Crippen molar-refractivity contribution in [3.8, 4) is 6.07 Å². The van der Waals surface area contributed by atoms with E-state index in [1.54, 1.807) is 0 Å². The van der Waals surface area contributed by atoms with Crippen LogP contribution < -0.4 is 5.73 Å². The lowest BCUT2D eigenvalue weighted by Crippen LogP contribution is -2.29. The third kappa shape index (κ3) is 3.56. The predicted molar refractivity (Wildman–Crippen MR) is 71.0 cm³/mol. The van der Waals surface area contributed by atoms with E-state index >= 15 is 0 Å². The molecule has 1 saturated carbocycles. The van der Waals surface area contributed by atoms with Gasteiger partial charge in [-0.3, -0.25) is 0 Å². The van der Waals surface area contributed by atoms with Crippen LogP contribution in [0.5, 0.6) is 0 Å². The highest BCUT2D eigenvalue weighted by Crippen LogP contribution is 2.33. The molecule has 0 bridgehead atoms. The van der Waals surface area contributed by atoms with Crippen LogP contribution in [0.1, 0.15) is 37.2 Å². The van der Waals surface area contributed by atoms with Crippen molar-refractivity contribution in [2.45, 2.75) is 43.7 Å². The highest BCUT2D eigenvalue weighted by molar-refractivity contribution is 5.19. The summed E-state index contributed by atoms with van der Waals surface area (Å²) < 4.78 is 5.67. The second kappa shape index (κ2) is 6.53. The maximum atomic E-state index is 8.60. The number of nitriles is 1. The SMILES string of the molecule is N#CC(N)COC1CCC(c2ccccc2)CC1. The first kappa shape index (κ1) is 13.1. The number of ether oxygens (including phenoxy) is 1. The maximum absolute atomic E-state index is 8.60. The average molecular weight is 244 g/mol. The van der Waals surface area contributed by atoms with E-state index < -0.39 is 6.04 Å². The van der Waals surface area contributed by atoms with Gasteiger partial charge >= 0.3 is 0 Å². The molecular formula is C15H20N2O. The molecule has 0 aliphatic heterocycles. The van der Waals surface area contributed by atoms with Crippen molar-refractivity contribution >= 4 is 0 Å². The Labute approximate surface area is 109 Å². The summed E-state index contributed by atoms with van der Waals surface area (Å²) in [5.41, 5.74) is 6.96. The largest absolute Gasteiger partial charge is 0.375 e. The Morgan fingerprint density at radius 2 is 1.89 bits per heavy atom. The summed E-state index contributed by atoms with van der Waals surface area (Å²) in [5, 5.41) is 8.60. The fraction of sp³-hybridized carbons (Fsp3) is 0.533. The number of nitrogens with zero attached hydrogens (tertiary/aromatic N) is 1. The Hall–Kier alpha value is -1.37. The van der Waals surface area contributed by atoms with Crippen molar-refractivity contribution in [3.05, 3.63) is 35.9 Å². The van der Waals surface area contributed by atoms with Gasteiger partial charge in [0.25, 0.3) is 0 Å². The van der Waals surface area contributed by atoms with E-state index in [9.17, 15) is 0 Å². The summed E-state index contributed by atoms with van der Waals surface area (Å²) in [6, 6.07) is 12.2. The molecular weight excluding hydrogens is 224 g/mol. The molecule has 1 fully saturated rings. The molecule has 0 heterocycles. The Balaban J connectivity index is 1.77. The van der Waals surface area contributed by atoms with E-state index in [0.717, 1.165) is 25.7 Å². The van der Waals surface area contributed by atoms with Crippen molar-refractivity contribution in [2.75, 3.05) is 6.61 Å². The minimum absolute atomic E-state index is 0.282. The Morgan fingerprint density at radius 3 is 2.50 bits per heavy atom. The summed E-state index contributed by atoms with van der Waals surface area (Å²) in [6.07, 6.45) is 4.74. The smallest absolute Gasteiger partial charge is 0.116 e. The van der Waals surface area contributed by atoms with Gasteiger partial charge in [-0.1, -0.05) is 30.3 Å². The van der Waals surface area contributed by atoms with E-state index in [1.165, 1.54) is 5.56 Å². The van der Waals surface area contributed by atoms with E-state index in [2.05, 4.69) is 30.3 Å². The second-order valence-electron chi connectivity index (χ2n) is 4.95. The van der Waals surface area contributed by atoms with Crippen LogP contribution in [0.3, 0.4) is 0 Å². The van der Waals surface area contributed by atoms with Crippen LogP contribution in [0.2, 0.25) is 0 Å². The predicted octanol–water partition coefficient (Wildman–Crippen LogP) is 2.58. The van der Waals surface area contributed by atoms with E-state index in [0.29, 0.717) is 12.5 Å². The number of nitrogens with two attached hydrogens (primary N) is 1. The monoisotopic (exact) mass is 244 g/mol. The Kier molecular flexibility index (Phi) is 4.74. The lowest BCUT2D eigenvalue weighted by Gasteiger charge is -2.29. The number of benzene rings is 1. The first-order valence-corrected chi connectivity index (χ1v) is 6.61. The van der Waals surface area contributed by atoms with E-state index in [4.69, 9.17) is 15.7 Å². The van der Waals surface area contributed by atoms with Crippen molar-refractivity contribution in [1.82, 2.24) is 0 Å². The van der Waals surface area contributed by atoms with Crippen molar-refractivity contribution in [3.63, 3.8) is 0 Å². The lowest BCUT2D eigenvalue weighted by atomic mass is 9.83. The Morgan fingerprint density at radius 1 is 1.22 bits per heavy atom. The van der Waals surface area contributed by atoms with Crippen LogP contribution in [0.25, 0.3) is 0 Å². The van der Waals surface area contributed by atoms with Gasteiger partial charge in [0.15, 0.2) is 0 Å². The summed E-state index contributed by atoms with van der Waals surface area (Å²) >= 11 is 0. The molecule has 1 atom stereocenters. The van der Waals surface area contributed by atoms with Gasteiger partial charge in [0.2, 0.25) is 0 Å². The van der Waals surface area contributed by atoms with Crippen LogP contribution in [0.4, 0.5) is 0 Å². The Bertz CT molecular complexity index is 391. The van der Waals surface area contributed by atoms with Gasteiger partial charge in [-0.2, -0.15) is 5.26 Å². The van der Waals surface area contributed by atoms with E-state index in [1.807, 2.05) is 6.07 Å². The second-order valence-corrected chi connectivity index (χ2v) is 4.95. The van der Waals surface area contributed by atoms with Crippen LogP contribution in [0.15, 0.2) is 30.3 Å². The minimum Gasteiger partial charge on any atom is -0.375 e. The van der Waals surface area contributed by atoms with Gasteiger partial charge in [0, 0.05) is 0 Å². The topological polar surface area (TPSA) is 59.0 Å². The first-order chi connectivity index (χ1) is 8.79. The molecule has 1 aromatic rings. The molecule has 0 amide bonds. The fourth-order valence-corrected chi connectivity index (χ4v) is 2.57. The molecule has 1 aromatic carbocycles. The normalized spacial score (nSPS) is 25.3. The third-order valence-corrected chi connectivity index (χ3v) is 3.62. The molecule has 96 valence electrons. The van der Waals surface area contributed by atoms with Gasteiger partial charge in [0.1, 0.15) is 6.04 Å². The summed E-state index contributed by atoms with van der Waals surface area (Å²) in [6.45, 7) is 0.358. The third-order valence-electron chi connectivity index (χ3n) is 3.62. The van der Waals surface area contributed by atoms with Gasteiger partial charge in [0.05, 0.1) is 18.8 Å². The highest BCUT2D eigenvalue weighted by Gasteiger charge is 2.22. The fourth-order valence-electron chi connectivity index (χ4n) is 2.57. The molecule has 0 spiro atoms. The standard InChI is InChI=1S/C15H20N2O/c16-10-14(17)11-18-15-8-6-13(7-9-15)12-4-2-1-3-5-12/h1-5,13-15H,6-9,11,17H2. The van der Waals surface area contributed by atoms with Crippen LogP contribution >= 0.6 is 0 Å². The minimum atomic E-state index is -0.489. The number of hydrogen-bond acceptors (Lipinski definition) is 3. The molecule has 1 aliphatic carbocycles. The van der Waals surface area contributed by atoms with Crippen molar-refractivity contribution < 1.29 is 4.74 Å². The molecule has 1 unspecified atom stereocenters. The van der Waals surface area contributed by atoms with Crippen molar-refractivity contribution in [2.24, 2.45) is 5.73 Å². The molecule has 2 N–H and O–H groups in total. The molecule has 0 radical (unpaired) electrons. The average Bonchev–Trinajstić information content (AvgIpc) is 2.46. The zero-order valence-corrected chi connectivity index (χ0v) is 10.6. The molecule has 0 saturated heterocycles. The zero-order valence-electron chi connectivity index (χ0n) is 10.6. The summed E-state index contributed by atoms with van der Waals surface area (Å²) in [5.74, 6) is 0.663. The molecule has 2 rings (SSSR count).